The van der Waals surface area contributed by atoms with Crippen LogP contribution in [0.4, 0.5) is 0 Å². The van der Waals surface area contributed by atoms with Crippen molar-refractivity contribution in [2.45, 2.75) is 13.5 Å². The van der Waals surface area contributed by atoms with E-state index in [1.807, 2.05) is 78.2 Å². The van der Waals surface area contributed by atoms with Gasteiger partial charge in [0.2, 0.25) is 0 Å². The molecule has 0 saturated heterocycles. The predicted octanol–water partition coefficient (Wildman–Crippen LogP) is 5.69. The molecule has 0 unspecified atom stereocenters. The molecular formula is C23H16BrN3O. The lowest BCUT2D eigenvalue weighted by Crippen LogP contribution is -2.11. The fourth-order valence-electron chi connectivity index (χ4n) is 3.54. The van der Waals surface area contributed by atoms with Gasteiger partial charge in [0, 0.05) is 15.4 Å². The van der Waals surface area contributed by atoms with Gasteiger partial charge in [-0.2, -0.15) is 0 Å². The van der Waals surface area contributed by atoms with Gasteiger partial charge in [0.05, 0.1) is 23.1 Å². The lowest BCUT2D eigenvalue weighted by Gasteiger charge is -2.07. The van der Waals surface area contributed by atoms with Crippen LogP contribution >= 0.6 is 15.9 Å². The molecule has 0 atom stereocenters. The number of carbonyl (C=O) groups excluding carboxylic acids is 1. The number of aryl methyl sites for hydroxylation is 1. The number of benzene rings is 3. The first kappa shape index (κ1) is 17.1. The van der Waals surface area contributed by atoms with Gasteiger partial charge in [-0.15, -0.1) is 0 Å². The Morgan fingerprint density at radius 2 is 1.68 bits per heavy atom. The summed E-state index contributed by atoms with van der Waals surface area (Å²) in [6.07, 6.45) is 0. The minimum absolute atomic E-state index is 0.0525. The second-order valence-corrected chi connectivity index (χ2v) is 7.84. The zero-order chi connectivity index (χ0) is 19.3. The van der Waals surface area contributed by atoms with Gasteiger partial charge < -0.3 is 4.57 Å². The lowest BCUT2D eigenvalue weighted by atomic mass is 10.1. The van der Waals surface area contributed by atoms with Crippen LogP contribution in [0.3, 0.4) is 0 Å². The summed E-state index contributed by atoms with van der Waals surface area (Å²) in [5.74, 6) is 0.0525. The van der Waals surface area contributed by atoms with E-state index in [0.717, 1.165) is 43.1 Å². The minimum Gasteiger partial charge on any atom is -0.316 e. The van der Waals surface area contributed by atoms with Gasteiger partial charge in [-0.1, -0.05) is 57.9 Å². The molecule has 5 heteroatoms. The molecule has 28 heavy (non-hydrogen) atoms. The van der Waals surface area contributed by atoms with E-state index in [2.05, 4.69) is 15.9 Å². The molecule has 0 saturated carbocycles. The maximum absolute atomic E-state index is 13.0. The van der Waals surface area contributed by atoms with Crippen LogP contribution in [0.2, 0.25) is 0 Å². The fourth-order valence-corrected chi connectivity index (χ4v) is 3.90. The van der Waals surface area contributed by atoms with Crippen LogP contribution in [-0.2, 0) is 6.54 Å². The number of para-hydroxylation sites is 2. The molecule has 0 amide bonds. The number of aromatic nitrogens is 3. The Morgan fingerprint density at radius 1 is 0.964 bits per heavy atom. The average Bonchev–Trinajstić information content (AvgIpc) is 2.99. The first-order valence-corrected chi connectivity index (χ1v) is 9.83. The van der Waals surface area contributed by atoms with Crippen molar-refractivity contribution in [3.05, 3.63) is 82.3 Å². The zero-order valence-corrected chi connectivity index (χ0v) is 16.8. The van der Waals surface area contributed by atoms with Crippen molar-refractivity contribution in [3.8, 4) is 0 Å². The number of Topliss-reactive ketones (excluding diaryl/α,β-unsaturated/α-hetero) is 1. The number of nitrogens with zero attached hydrogens (tertiary/aromatic N) is 3. The van der Waals surface area contributed by atoms with Crippen LogP contribution in [0.25, 0.3) is 33.1 Å². The first-order valence-electron chi connectivity index (χ1n) is 9.04. The Balaban J connectivity index is 1.74. The maximum atomic E-state index is 13.0. The van der Waals surface area contributed by atoms with E-state index in [0.29, 0.717) is 5.56 Å². The van der Waals surface area contributed by atoms with Crippen molar-refractivity contribution in [1.29, 1.82) is 0 Å². The third-order valence-electron chi connectivity index (χ3n) is 4.99. The Morgan fingerprint density at radius 3 is 2.43 bits per heavy atom. The number of rotatable bonds is 3. The Kier molecular flexibility index (Phi) is 3.98. The summed E-state index contributed by atoms with van der Waals surface area (Å²) in [7, 11) is 0. The molecule has 136 valence electrons. The summed E-state index contributed by atoms with van der Waals surface area (Å²) in [6.45, 7) is 2.23. The molecule has 0 aliphatic carbocycles. The van der Waals surface area contributed by atoms with E-state index in [9.17, 15) is 4.79 Å². The fraction of sp³-hybridized carbons (Fsp3) is 0.0870. The Labute approximate surface area is 170 Å². The largest absolute Gasteiger partial charge is 0.316 e. The standard InChI is InChI=1S/C23H16BrN3O/c1-14-6-8-15(9-7-14)21(28)13-27-20-11-10-16(24)12-17(20)22-23(27)26-19-5-3-2-4-18(19)25-22/h2-12H,13H2,1H3. The van der Waals surface area contributed by atoms with E-state index >= 15 is 0 Å². The van der Waals surface area contributed by atoms with Gasteiger partial charge in [-0.3, -0.25) is 4.79 Å². The minimum atomic E-state index is 0.0525. The van der Waals surface area contributed by atoms with E-state index in [1.165, 1.54) is 0 Å². The van der Waals surface area contributed by atoms with Gasteiger partial charge in [-0.05, 0) is 37.3 Å². The lowest BCUT2D eigenvalue weighted by molar-refractivity contribution is 0.0974. The Bertz CT molecular complexity index is 1370. The van der Waals surface area contributed by atoms with Crippen molar-refractivity contribution < 1.29 is 4.79 Å². The third-order valence-corrected chi connectivity index (χ3v) is 5.48. The Hall–Kier alpha value is -3.05. The summed E-state index contributed by atoms with van der Waals surface area (Å²) < 4.78 is 2.94. The van der Waals surface area contributed by atoms with Gasteiger partial charge >= 0.3 is 0 Å². The molecule has 0 spiro atoms. The number of hydrogen-bond acceptors (Lipinski definition) is 3. The molecule has 5 rings (SSSR count). The van der Waals surface area contributed by atoms with Crippen LogP contribution in [0.5, 0.6) is 0 Å². The molecular weight excluding hydrogens is 414 g/mol. The number of fused-ring (bicyclic) bond motifs is 4. The molecule has 0 radical (unpaired) electrons. The second kappa shape index (κ2) is 6.53. The molecule has 4 nitrogen and oxygen atoms in total. The second-order valence-electron chi connectivity index (χ2n) is 6.92. The monoisotopic (exact) mass is 429 g/mol. The van der Waals surface area contributed by atoms with Gasteiger partial charge in [0.25, 0.3) is 0 Å². The molecule has 2 aromatic heterocycles. The van der Waals surface area contributed by atoms with E-state index in [-0.39, 0.29) is 12.3 Å². The van der Waals surface area contributed by atoms with Gasteiger partial charge in [0.1, 0.15) is 5.52 Å². The number of ketones is 1. The van der Waals surface area contributed by atoms with E-state index in [4.69, 9.17) is 9.97 Å². The van der Waals surface area contributed by atoms with Crippen LogP contribution in [0.1, 0.15) is 15.9 Å². The zero-order valence-electron chi connectivity index (χ0n) is 15.2. The average molecular weight is 430 g/mol. The van der Waals surface area contributed by atoms with Crippen LogP contribution in [0.15, 0.2) is 71.2 Å². The van der Waals surface area contributed by atoms with Crippen molar-refractivity contribution >= 4 is 54.8 Å². The highest BCUT2D eigenvalue weighted by atomic mass is 79.9. The van der Waals surface area contributed by atoms with Gasteiger partial charge in [-0.25, -0.2) is 9.97 Å². The number of carbonyl (C=O) groups is 1. The quantitative estimate of drug-likeness (QED) is 0.346. The van der Waals surface area contributed by atoms with Gasteiger partial charge in [0.15, 0.2) is 11.4 Å². The highest BCUT2D eigenvalue weighted by Gasteiger charge is 2.17. The highest BCUT2D eigenvalue weighted by Crippen LogP contribution is 2.30. The smallest absolute Gasteiger partial charge is 0.182 e. The van der Waals surface area contributed by atoms with Crippen LogP contribution in [-0.4, -0.2) is 20.3 Å². The molecule has 0 aliphatic heterocycles. The number of hydrogen-bond donors (Lipinski definition) is 0. The van der Waals surface area contributed by atoms with Crippen LogP contribution in [0, 0.1) is 6.92 Å². The third kappa shape index (κ3) is 2.79. The van der Waals surface area contributed by atoms with Crippen LogP contribution < -0.4 is 0 Å². The van der Waals surface area contributed by atoms with Crippen molar-refractivity contribution in [2.24, 2.45) is 0 Å². The summed E-state index contributed by atoms with van der Waals surface area (Å²) >= 11 is 3.55. The topological polar surface area (TPSA) is 47.8 Å². The summed E-state index contributed by atoms with van der Waals surface area (Å²) in [5, 5.41) is 0.985. The molecule has 0 N–H and O–H groups in total. The summed E-state index contributed by atoms with van der Waals surface area (Å²) in [5.41, 5.74) is 6.00. The molecule has 0 fully saturated rings. The first-order chi connectivity index (χ1) is 13.6. The highest BCUT2D eigenvalue weighted by molar-refractivity contribution is 9.10. The number of halogens is 1. The van der Waals surface area contributed by atoms with E-state index < -0.39 is 0 Å². The summed E-state index contributed by atoms with van der Waals surface area (Å²) in [6, 6.07) is 21.5. The summed E-state index contributed by atoms with van der Waals surface area (Å²) in [4.78, 5) is 22.6. The molecule has 0 aliphatic rings. The van der Waals surface area contributed by atoms with Crippen molar-refractivity contribution in [2.75, 3.05) is 0 Å². The normalized spacial score (nSPS) is 11.5. The van der Waals surface area contributed by atoms with E-state index in [1.54, 1.807) is 0 Å². The maximum Gasteiger partial charge on any atom is 0.182 e. The predicted molar refractivity (Wildman–Crippen MR) is 116 cm³/mol. The van der Waals surface area contributed by atoms with Crippen molar-refractivity contribution in [1.82, 2.24) is 14.5 Å². The molecule has 2 heterocycles. The molecule has 5 aromatic rings. The van der Waals surface area contributed by atoms with Crippen molar-refractivity contribution in [3.63, 3.8) is 0 Å². The molecule has 3 aromatic carbocycles. The molecule has 0 bridgehead atoms. The SMILES string of the molecule is Cc1ccc(C(=O)Cn2c3ccc(Br)cc3c3nc4ccccc4nc32)cc1.